The van der Waals surface area contributed by atoms with Gasteiger partial charge in [-0.2, -0.15) is 9.37 Å². The summed E-state index contributed by atoms with van der Waals surface area (Å²) in [5, 5.41) is 23.8. The largest absolute Gasteiger partial charge is 0.508 e. The van der Waals surface area contributed by atoms with Crippen LogP contribution < -0.4 is 15.4 Å². The molecular weight excluding hydrogens is 464 g/mol. The number of rotatable bonds is 10. The van der Waals surface area contributed by atoms with Gasteiger partial charge in [-0.05, 0) is 37.0 Å². The van der Waals surface area contributed by atoms with E-state index in [0.717, 1.165) is 0 Å². The quantitative estimate of drug-likeness (QED) is 0.276. The van der Waals surface area contributed by atoms with Crippen LogP contribution in [0.25, 0.3) is 0 Å². The number of amides is 1. The fraction of sp³-hybridized carbons (Fsp3) is 0.381. The van der Waals surface area contributed by atoms with Crippen LogP contribution in [0.1, 0.15) is 45.1 Å². The number of hydrogen-bond donors (Lipinski definition) is 4. The molecule has 1 heterocycles. The number of carboxylic acid groups (broad SMARTS) is 1. The topological polar surface area (TPSA) is 121 Å². The Morgan fingerprint density at radius 1 is 1.25 bits per heavy atom. The molecule has 0 radical (unpaired) electrons. The number of aromatic hydroxyl groups is 1. The predicted octanol–water partition coefficient (Wildman–Crippen LogP) is 4.93. The molecule has 0 bridgehead atoms. The minimum Gasteiger partial charge on any atom is -0.508 e. The van der Waals surface area contributed by atoms with Gasteiger partial charge < -0.3 is 25.6 Å². The molecule has 1 amide bonds. The molecule has 1 aromatic heterocycles. The number of carbonyl (C=O) groups is 2. The highest BCUT2D eigenvalue weighted by Crippen LogP contribution is 2.42. The van der Waals surface area contributed by atoms with Crippen LogP contribution in [0.5, 0.6) is 17.2 Å². The van der Waals surface area contributed by atoms with Gasteiger partial charge in [0.25, 0.3) is 0 Å². The third kappa shape index (κ3) is 6.61. The predicted molar refractivity (Wildman–Crippen MR) is 119 cm³/mol. The molecule has 11 heteroatoms. The molecule has 8 nitrogen and oxygen atoms in total. The third-order valence-electron chi connectivity index (χ3n) is 4.48. The number of aromatic nitrogens is 1. The van der Waals surface area contributed by atoms with E-state index in [1.54, 1.807) is 6.07 Å². The smallest absolute Gasteiger partial charge is 0.326 e. The first-order valence-electron chi connectivity index (χ1n) is 9.80. The Balaban J connectivity index is 2.16. The summed E-state index contributed by atoms with van der Waals surface area (Å²) in [5.41, 5.74) is 0.634. The van der Waals surface area contributed by atoms with E-state index in [-0.39, 0.29) is 41.2 Å². The van der Waals surface area contributed by atoms with Gasteiger partial charge >= 0.3 is 5.97 Å². The van der Waals surface area contributed by atoms with E-state index in [4.69, 9.17) is 33.0 Å². The summed E-state index contributed by atoms with van der Waals surface area (Å²) in [4.78, 5) is 26.0. The zero-order chi connectivity index (χ0) is 24.0. The van der Waals surface area contributed by atoms with E-state index in [0.29, 0.717) is 17.7 Å². The Kier molecular flexibility index (Phi) is 8.91. The van der Waals surface area contributed by atoms with Crippen molar-refractivity contribution in [2.75, 3.05) is 11.9 Å². The summed E-state index contributed by atoms with van der Waals surface area (Å²) in [6, 6.07) is 3.51. The molecule has 32 heavy (non-hydrogen) atoms. The lowest BCUT2D eigenvalue weighted by atomic mass is 10.0. The Hall–Kier alpha value is -2.78. The molecule has 174 valence electrons. The van der Waals surface area contributed by atoms with E-state index in [1.165, 1.54) is 19.1 Å². The molecule has 0 aliphatic heterocycles. The number of nitrogens with zero attached hydrogens (tertiary/aromatic N) is 1. The first-order chi connectivity index (χ1) is 15.0. The fourth-order valence-corrected chi connectivity index (χ4v) is 3.36. The highest BCUT2D eigenvalue weighted by molar-refractivity contribution is 6.38. The average Bonchev–Trinajstić information content (AvgIpc) is 2.71. The number of carbonyl (C=O) groups excluding carboxylic acids is 1. The molecule has 0 spiro atoms. The molecule has 0 unspecified atom stereocenters. The van der Waals surface area contributed by atoms with Crippen molar-refractivity contribution >= 4 is 40.9 Å². The maximum atomic E-state index is 14.3. The van der Waals surface area contributed by atoms with Crippen molar-refractivity contribution in [2.45, 2.75) is 45.6 Å². The van der Waals surface area contributed by atoms with Gasteiger partial charge in [-0.1, -0.05) is 37.0 Å². The monoisotopic (exact) mass is 487 g/mol. The van der Waals surface area contributed by atoms with Gasteiger partial charge in [-0.15, -0.1) is 0 Å². The second kappa shape index (κ2) is 11.2. The van der Waals surface area contributed by atoms with Gasteiger partial charge in [0.1, 0.15) is 27.6 Å². The van der Waals surface area contributed by atoms with Gasteiger partial charge in [0.15, 0.2) is 11.6 Å². The minimum absolute atomic E-state index is 0.0167. The number of hydrogen-bond acceptors (Lipinski definition) is 6. The zero-order valence-electron chi connectivity index (χ0n) is 17.7. The molecule has 1 aromatic carbocycles. The summed E-state index contributed by atoms with van der Waals surface area (Å²) in [6.45, 7) is 5.23. The zero-order valence-corrected chi connectivity index (χ0v) is 19.2. The number of anilines is 1. The maximum absolute atomic E-state index is 14.3. The molecule has 0 aliphatic rings. The number of nitrogens with one attached hydrogen (secondary N) is 2. The van der Waals surface area contributed by atoms with Crippen LogP contribution >= 0.6 is 23.2 Å². The Bertz CT molecular complexity index is 1000. The van der Waals surface area contributed by atoms with E-state index in [1.807, 2.05) is 13.8 Å². The third-order valence-corrected chi connectivity index (χ3v) is 5.15. The van der Waals surface area contributed by atoms with Crippen LogP contribution in [0.2, 0.25) is 10.0 Å². The van der Waals surface area contributed by atoms with Crippen LogP contribution in [0.15, 0.2) is 18.2 Å². The second-order valence-corrected chi connectivity index (χ2v) is 8.10. The minimum atomic E-state index is -1.15. The number of halogens is 3. The van der Waals surface area contributed by atoms with Crippen molar-refractivity contribution < 1.29 is 28.9 Å². The number of carboxylic acids is 1. The number of pyridine rings is 1. The highest BCUT2D eigenvalue weighted by Gasteiger charge is 2.21. The average molecular weight is 488 g/mol. The van der Waals surface area contributed by atoms with Crippen LogP contribution in [-0.2, 0) is 9.59 Å². The number of ether oxygens (including phenoxy) is 1. The normalized spacial score (nSPS) is 11.8. The molecule has 0 saturated heterocycles. The second-order valence-electron chi connectivity index (χ2n) is 7.35. The standard InChI is InChI=1S/C21H24Cl2FN3O5/c1-10(2)13-9-12(6-7-15(13)29)32-18-16(22)19(24)27-20(17(18)23)25-8-4-5-14(21(30)31)26-11(3)28/h6-7,9-10,14,29H,4-5,8H2,1-3H3,(H,25,27)(H,26,28)(H,30,31)/t14-/m0/s1. The van der Waals surface area contributed by atoms with Crippen molar-refractivity contribution in [3.8, 4) is 17.2 Å². The Morgan fingerprint density at radius 3 is 2.53 bits per heavy atom. The molecule has 0 aliphatic carbocycles. The Labute approximate surface area is 194 Å². The van der Waals surface area contributed by atoms with Gasteiger partial charge in [-0.3, -0.25) is 4.79 Å². The number of phenols is 1. The molecule has 4 N–H and O–H groups in total. The highest BCUT2D eigenvalue weighted by atomic mass is 35.5. The van der Waals surface area contributed by atoms with E-state index >= 15 is 0 Å². The van der Waals surface area contributed by atoms with Crippen LogP contribution in [0, 0.1) is 5.95 Å². The van der Waals surface area contributed by atoms with Gasteiger partial charge in [-0.25, -0.2) is 4.79 Å². The van der Waals surface area contributed by atoms with Gasteiger partial charge in [0, 0.05) is 19.0 Å². The van der Waals surface area contributed by atoms with Crippen LogP contribution in [0.4, 0.5) is 10.2 Å². The lowest BCUT2D eigenvalue weighted by Crippen LogP contribution is -2.39. The van der Waals surface area contributed by atoms with E-state index < -0.39 is 28.9 Å². The number of phenolic OH excluding ortho intramolecular Hbond substituents is 1. The summed E-state index contributed by atoms with van der Waals surface area (Å²) < 4.78 is 20.0. The van der Waals surface area contributed by atoms with Gasteiger partial charge in [0.2, 0.25) is 11.9 Å². The first kappa shape index (κ1) is 25.5. The molecule has 0 saturated carbocycles. The van der Waals surface area contributed by atoms with E-state index in [2.05, 4.69) is 15.6 Å². The molecule has 2 rings (SSSR count). The Morgan fingerprint density at radius 2 is 1.94 bits per heavy atom. The van der Waals surface area contributed by atoms with Crippen molar-refractivity contribution in [1.29, 1.82) is 0 Å². The van der Waals surface area contributed by atoms with Crippen LogP contribution in [-0.4, -0.2) is 39.7 Å². The fourth-order valence-electron chi connectivity index (χ4n) is 2.89. The molecule has 0 fully saturated rings. The molecular formula is C21H24Cl2FN3O5. The lowest BCUT2D eigenvalue weighted by molar-refractivity contribution is -0.141. The summed E-state index contributed by atoms with van der Waals surface area (Å²) >= 11 is 12.3. The van der Waals surface area contributed by atoms with Crippen LogP contribution in [0.3, 0.4) is 0 Å². The van der Waals surface area contributed by atoms with Gasteiger partial charge in [0.05, 0.1) is 0 Å². The summed E-state index contributed by atoms with van der Waals surface area (Å²) in [5.74, 6) is -2.37. The number of benzene rings is 1. The lowest BCUT2D eigenvalue weighted by Gasteiger charge is -2.16. The first-order valence-corrected chi connectivity index (χ1v) is 10.6. The van der Waals surface area contributed by atoms with Crippen molar-refractivity contribution in [2.24, 2.45) is 0 Å². The summed E-state index contributed by atoms with van der Waals surface area (Å²) in [7, 11) is 0. The molecule has 1 atom stereocenters. The number of aliphatic carboxylic acids is 1. The van der Waals surface area contributed by atoms with Crippen molar-refractivity contribution in [3.05, 3.63) is 39.8 Å². The van der Waals surface area contributed by atoms with Crippen molar-refractivity contribution in [3.63, 3.8) is 0 Å². The molecule has 2 aromatic rings. The maximum Gasteiger partial charge on any atom is 0.326 e. The summed E-state index contributed by atoms with van der Waals surface area (Å²) in [6.07, 6.45) is 0.468. The van der Waals surface area contributed by atoms with E-state index in [9.17, 15) is 19.1 Å². The van der Waals surface area contributed by atoms with Crippen molar-refractivity contribution in [1.82, 2.24) is 10.3 Å². The SMILES string of the molecule is CC(=O)N[C@@H](CCCNc1nc(F)c(Cl)c(Oc2ccc(O)c(C(C)C)c2)c1Cl)C(=O)O.